The minimum atomic E-state index is -0.239. The van der Waals surface area contributed by atoms with Gasteiger partial charge in [-0.15, -0.1) is 0 Å². The van der Waals surface area contributed by atoms with Gasteiger partial charge in [0, 0.05) is 10.2 Å². The molecule has 2 aromatic rings. The van der Waals surface area contributed by atoms with Crippen molar-refractivity contribution in [3.63, 3.8) is 0 Å². The lowest BCUT2D eigenvalue weighted by atomic mass is 10.0. The van der Waals surface area contributed by atoms with Crippen molar-refractivity contribution in [2.75, 3.05) is 6.61 Å². The number of hydrazone groups is 1. The summed E-state index contributed by atoms with van der Waals surface area (Å²) in [5, 5.41) is 6.42. The van der Waals surface area contributed by atoms with E-state index in [1.807, 2.05) is 30.3 Å². The highest BCUT2D eigenvalue weighted by Crippen LogP contribution is 2.34. The van der Waals surface area contributed by atoms with Crippen LogP contribution in [-0.4, -0.2) is 18.2 Å². The first-order chi connectivity index (χ1) is 12.1. The van der Waals surface area contributed by atoms with Crippen molar-refractivity contribution in [1.82, 2.24) is 5.43 Å². The molecule has 1 aliphatic carbocycles. The minimum Gasteiger partial charge on any atom is -0.483 e. The largest absolute Gasteiger partial charge is 0.483 e. The van der Waals surface area contributed by atoms with E-state index in [0.29, 0.717) is 11.7 Å². The van der Waals surface area contributed by atoms with E-state index in [2.05, 4.69) is 49.3 Å². The molecule has 3 rings (SSSR count). The number of amides is 1. The third kappa shape index (κ3) is 4.42. The predicted octanol–water partition coefficient (Wildman–Crippen LogP) is 5.43. The molecule has 2 aromatic carbocycles. The highest BCUT2D eigenvalue weighted by molar-refractivity contribution is 9.11. The summed E-state index contributed by atoms with van der Waals surface area (Å²) in [5.41, 5.74) is 3.73. The molecule has 132 valence electrons. The fourth-order valence-corrected chi connectivity index (χ4v) is 4.14. The number of hydrogen-bond acceptors (Lipinski definition) is 3. The van der Waals surface area contributed by atoms with Gasteiger partial charge in [-0.3, -0.25) is 4.79 Å². The molecule has 0 spiro atoms. The Morgan fingerprint density at radius 2 is 2.16 bits per heavy atom. The maximum Gasteiger partial charge on any atom is 0.277 e. The van der Waals surface area contributed by atoms with Crippen molar-refractivity contribution in [1.29, 1.82) is 0 Å². The molecule has 1 unspecified atom stereocenters. The van der Waals surface area contributed by atoms with E-state index in [4.69, 9.17) is 4.74 Å². The molecule has 1 atom stereocenters. The number of ether oxygens (including phenoxy) is 1. The fourth-order valence-electron chi connectivity index (χ4n) is 3.15. The van der Waals surface area contributed by atoms with Crippen LogP contribution in [-0.2, 0) is 4.79 Å². The highest BCUT2D eigenvalue weighted by atomic mass is 79.9. The Balaban J connectivity index is 1.62. The third-order valence-corrected chi connectivity index (χ3v) is 5.82. The van der Waals surface area contributed by atoms with E-state index in [1.54, 1.807) is 0 Å². The molecule has 0 heterocycles. The number of benzene rings is 2. The monoisotopic (exact) mass is 466 g/mol. The minimum absolute atomic E-state index is 0.0613. The van der Waals surface area contributed by atoms with E-state index in [1.165, 1.54) is 6.42 Å². The molecular formula is C19H20Br2N2O2. The van der Waals surface area contributed by atoms with Crippen LogP contribution in [0.2, 0.25) is 0 Å². The topological polar surface area (TPSA) is 50.7 Å². The molecule has 25 heavy (non-hydrogen) atoms. The first-order valence-corrected chi connectivity index (χ1v) is 10.0. The number of halogens is 2. The lowest BCUT2D eigenvalue weighted by Gasteiger charge is -2.11. The van der Waals surface area contributed by atoms with Gasteiger partial charge < -0.3 is 4.74 Å². The molecule has 1 fully saturated rings. The third-order valence-electron chi connectivity index (χ3n) is 4.51. The van der Waals surface area contributed by atoms with Crippen LogP contribution < -0.4 is 10.2 Å². The molecule has 1 N–H and O–H groups in total. The summed E-state index contributed by atoms with van der Waals surface area (Å²) in [4.78, 5) is 12.0. The Kier molecular flexibility index (Phi) is 6.12. The van der Waals surface area contributed by atoms with Gasteiger partial charge in [-0.1, -0.05) is 35.0 Å². The summed E-state index contributed by atoms with van der Waals surface area (Å²) in [6.45, 7) is 2.10. The number of nitrogens with zero attached hydrogens (tertiary/aromatic N) is 1. The smallest absolute Gasteiger partial charge is 0.277 e. The summed E-state index contributed by atoms with van der Waals surface area (Å²) >= 11 is 7.03. The second-order valence-electron chi connectivity index (χ2n) is 6.17. The van der Waals surface area contributed by atoms with Crippen LogP contribution in [0.25, 0.3) is 10.8 Å². The second kappa shape index (κ2) is 8.32. The summed E-state index contributed by atoms with van der Waals surface area (Å²) in [6.07, 6.45) is 4.38. The van der Waals surface area contributed by atoms with E-state index in [0.717, 1.165) is 44.7 Å². The maximum atomic E-state index is 12.0. The zero-order valence-electron chi connectivity index (χ0n) is 14.0. The van der Waals surface area contributed by atoms with Crippen molar-refractivity contribution in [3.05, 3.63) is 39.3 Å². The van der Waals surface area contributed by atoms with Gasteiger partial charge in [0.2, 0.25) is 0 Å². The van der Waals surface area contributed by atoms with Crippen LogP contribution in [0.4, 0.5) is 0 Å². The lowest BCUT2D eigenvalue weighted by Crippen LogP contribution is -2.26. The molecule has 4 nitrogen and oxygen atoms in total. The highest BCUT2D eigenvalue weighted by Gasteiger charge is 2.21. The number of hydrogen-bond donors (Lipinski definition) is 1. The van der Waals surface area contributed by atoms with E-state index in [-0.39, 0.29) is 12.5 Å². The van der Waals surface area contributed by atoms with Gasteiger partial charge in [0.15, 0.2) is 6.61 Å². The van der Waals surface area contributed by atoms with Crippen LogP contribution in [0.1, 0.15) is 32.6 Å². The number of carbonyl (C=O) groups is 1. The van der Waals surface area contributed by atoms with Gasteiger partial charge in [-0.05, 0) is 76.5 Å². The Morgan fingerprint density at radius 3 is 2.96 bits per heavy atom. The van der Waals surface area contributed by atoms with Gasteiger partial charge in [0.1, 0.15) is 5.75 Å². The number of rotatable bonds is 5. The SMILES string of the molecule is CCC1CCC/C1=N\NC(=O)COc1ccc2cc(Br)ccc2c1Br. The number of nitrogens with one attached hydrogen (secondary N) is 1. The van der Waals surface area contributed by atoms with Crippen LogP contribution in [0, 0.1) is 5.92 Å². The summed E-state index contributed by atoms with van der Waals surface area (Å²) < 4.78 is 7.54. The molecule has 1 amide bonds. The van der Waals surface area contributed by atoms with Gasteiger partial charge >= 0.3 is 0 Å². The quantitative estimate of drug-likeness (QED) is 0.596. The maximum absolute atomic E-state index is 12.0. The van der Waals surface area contributed by atoms with Crippen molar-refractivity contribution in [3.8, 4) is 5.75 Å². The average Bonchev–Trinajstić information content (AvgIpc) is 3.07. The Labute approximate surface area is 164 Å². The first kappa shape index (κ1) is 18.4. The Bertz CT molecular complexity index is 820. The zero-order valence-corrected chi connectivity index (χ0v) is 17.2. The summed E-state index contributed by atoms with van der Waals surface area (Å²) in [5.74, 6) is 0.914. The van der Waals surface area contributed by atoms with Crippen molar-refractivity contribution >= 4 is 54.3 Å². The molecule has 0 radical (unpaired) electrons. The molecule has 6 heteroatoms. The van der Waals surface area contributed by atoms with Gasteiger partial charge in [-0.2, -0.15) is 5.10 Å². The van der Waals surface area contributed by atoms with Crippen molar-refractivity contribution in [2.24, 2.45) is 11.0 Å². The predicted molar refractivity (Wildman–Crippen MR) is 108 cm³/mol. The lowest BCUT2D eigenvalue weighted by molar-refractivity contribution is -0.123. The molecule has 0 aliphatic heterocycles. The van der Waals surface area contributed by atoms with E-state index >= 15 is 0 Å². The second-order valence-corrected chi connectivity index (χ2v) is 7.88. The number of fused-ring (bicyclic) bond motifs is 1. The van der Waals surface area contributed by atoms with Crippen LogP contribution in [0.5, 0.6) is 5.75 Å². The van der Waals surface area contributed by atoms with Gasteiger partial charge in [-0.25, -0.2) is 5.43 Å². The standard InChI is InChI=1S/C19H20Br2N2O2/c1-2-12-4-3-5-16(12)22-23-18(24)11-25-17-9-6-13-10-14(20)7-8-15(13)19(17)21/h6-10,12H,2-5,11H2,1H3,(H,23,24)/b22-16+. The summed E-state index contributed by atoms with van der Waals surface area (Å²) in [7, 11) is 0. The van der Waals surface area contributed by atoms with Crippen LogP contribution in [0.15, 0.2) is 44.4 Å². The molecule has 0 aromatic heterocycles. The molecule has 0 saturated heterocycles. The molecule has 0 bridgehead atoms. The van der Waals surface area contributed by atoms with Gasteiger partial charge in [0.25, 0.3) is 5.91 Å². The normalized spacial score (nSPS) is 18.7. The molecule has 1 saturated carbocycles. The first-order valence-electron chi connectivity index (χ1n) is 8.44. The van der Waals surface area contributed by atoms with Crippen LogP contribution in [0.3, 0.4) is 0 Å². The molecular weight excluding hydrogens is 448 g/mol. The zero-order chi connectivity index (χ0) is 17.8. The Morgan fingerprint density at radius 1 is 1.32 bits per heavy atom. The van der Waals surface area contributed by atoms with E-state index in [9.17, 15) is 4.79 Å². The van der Waals surface area contributed by atoms with E-state index < -0.39 is 0 Å². The Hall–Kier alpha value is -1.40. The fraction of sp³-hybridized carbons (Fsp3) is 0.368. The van der Waals surface area contributed by atoms with Gasteiger partial charge in [0.05, 0.1) is 4.47 Å². The molecule has 1 aliphatic rings. The van der Waals surface area contributed by atoms with Crippen LogP contribution >= 0.6 is 31.9 Å². The van der Waals surface area contributed by atoms with Crippen molar-refractivity contribution < 1.29 is 9.53 Å². The average molecular weight is 468 g/mol. The number of carbonyl (C=O) groups excluding carboxylic acids is 1. The van der Waals surface area contributed by atoms with Crippen molar-refractivity contribution in [2.45, 2.75) is 32.6 Å². The summed E-state index contributed by atoms with van der Waals surface area (Å²) in [6, 6.07) is 9.86.